The van der Waals surface area contributed by atoms with Gasteiger partial charge in [0.15, 0.2) is 11.0 Å². The van der Waals surface area contributed by atoms with Crippen LogP contribution >= 0.6 is 11.8 Å². The number of halogens is 1. The number of aromatic nitrogens is 3. The molecule has 1 atom stereocenters. The van der Waals surface area contributed by atoms with Gasteiger partial charge in [-0.05, 0) is 62.7 Å². The fourth-order valence-electron chi connectivity index (χ4n) is 4.16. The molecule has 0 aliphatic carbocycles. The highest BCUT2D eigenvalue weighted by molar-refractivity contribution is 7.99. The van der Waals surface area contributed by atoms with Crippen LogP contribution in [-0.4, -0.2) is 45.0 Å². The molecule has 0 aliphatic heterocycles. The Labute approximate surface area is 237 Å². The molecule has 40 heavy (non-hydrogen) atoms. The van der Waals surface area contributed by atoms with Gasteiger partial charge in [-0.3, -0.25) is 14.5 Å². The quantitative estimate of drug-likeness (QED) is 0.275. The largest absolute Gasteiger partial charge is 0.497 e. The van der Waals surface area contributed by atoms with E-state index in [-0.39, 0.29) is 11.7 Å². The zero-order chi connectivity index (χ0) is 28.9. The van der Waals surface area contributed by atoms with Gasteiger partial charge in [-0.25, -0.2) is 4.39 Å². The summed E-state index contributed by atoms with van der Waals surface area (Å²) in [6.07, 6.45) is 0. The summed E-state index contributed by atoms with van der Waals surface area (Å²) in [5.41, 5.74) is 1.31. The molecular formula is C30H32FN5O3S. The first kappa shape index (κ1) is 28.8. The third-order valence-electron chi connectivity index (χ3n) is 6.00. The van der Waals surface area contributed by atoms with Crippen LogP contribution in [0, 0.1) is 5.82 Å². The van der Waals surface area contributed by atoms with Crippen LogP contribution in [-0.2, 0) is 16.6 Å². The van der Waals surface area contributed by atoms with Crippen molar-refractivity contribution in [1.29, 1.82) is 0 Å². The highest BCUT2D eigenvalue weighted by Gasteiger charge is 2.34. The van der Waals surface area contributed by atoms with E-state index >= 15 is 0 Å². The van der Waals surface area contributed by atoms with Crippen molar-refractivity contribution in [1.82, 2.24) is 20.1 Å². The number of amides is 2. The molecule has 0 radical (unpaired) electrons. The molecule has 0 saturated heterocycles. The first-order chi connectivity index (χ1) is 19.1. The highest BCUT2D eigenvalue weighted by atomic mass is 32.2. The Balaban J connectivity index is 1.70. The Kier molecular flexibility index (Phi) is 8.89. The van der Waals surface area contributed by atoms with Crippen LogP contribution in [0.1, 0.15) is 32.4 Å². The van der Waals surface area contributed by atoms with Gasteiger partial charge in [0, 0.05) is 23.8 Å². The fourth-order valence-corrected chi connectivity index (χ4v) is 4.93. The molecule has 8 nitrogen and oxygen atoms in total. The van der Waals surface area contributed by atoms with Gasteiger partial charge >= 0.3 is 0 Å². The topological polar surface area (TPSA) is 89.3 Å². The molecule has 1 heterocycles. The van der Waals surface area contributed by atoms with Crippen molar-refractivity contribution in [3.8, 4) is 17.1 Å². The third kappa shape index (κ3) is 6.87. The van der Waals surface area contributed by atoms with Crippen LogP contribution in [0.2, 0.25) is 0 Å². The van der Waals surface area contributed by atoms with Crippen LogP contribution in [0.5, 0.6) is 5.75 Å². The van der Waals surface area contributed by atoms with E-state index in [1.807, 2.05) is 62.7 Å². The van der Waals surface area contributed by atoms with E-state index in [1.54, 1.807) is 31.4 Å². The first-order valence-corrected chi connectivity index (χ1v) is 13.7. The number of thioether (sulfide) groups is 1. The van der Waals surface area contributed by atoms with Crippen molar-refractivity contribution in [2.45, 2.75) is 37.5 Å². The number of rotatable bonds is 9. The van der Waals surface area contributed by atoms with E-state index in [0.29, 0.717) is 28.0 Å². The van der Waals surface area contributed by atoms with Gasteiger partial charge in [-0.1, -0.05) is 54.2 Å². The summed E-state index contributed by atoms with van der Waals surface area (Å²) in [7, 11) is 3.39. The Morgan fingerprint density at radius 3 is 2.25 bits per heavy atom. The molecule has 0 aliphatic rings. The lowest BCUT2D eigenvalue weighted by molar-refractivity contribution is -0.127. The second-order valence-corrected chi connectivity index (χ2v) is 11.1. The van der Waals surface area contributed by atoms with Gasteiger partial charge in [0.2, 0.25) is 11.8 Å². The van der Waals surface area contributed by atoms with Crippen LogP contribution in [0.3, 0.4) is 0 Å². The fraction of sp³-hybridized carbons (Fsp3) is 0.267. The predicted octanol–water partition coefficient (Wildman–Crippen LogP) is 5.41. The predicted molar refractivity (Wildman–Crippen MR) is 155 cm³/mol. The molecular weight excluding hydrogens is 529 g/mol. The van der Waals surface area contributed by atoms with Crippen molar-refractivity contribution in [3.63, 3.8) is 0 Å². The minimum Gasteiger partial charge on any atom is -0.497 e. The molecule has 10 heteroatoms. The summed E-state index contributed by atoms with van der Waals surface area (Å²) in [5, 5.41) is 12.1. The number of nitrogens with zero attached hydrogens (tertiary/aromatic N) is 4. The number of anilines is 1. The van der Waals surface area contributed by atoms with E-state index in [1.165, 1.54) is 40.9 Å². The molecule has 0 bridgehead atoms. The standard InChI is InChI=1S/C30H32FN5O3S/c1-30(2,3)32-28(38)26(20-11-13-22(31)14-12-20)36(23-15-17-24(39-5)18-16-23)25(37)19-40-29-34-33-27(35(29)4)21-9-7-6-8-10-21/h6-18,26H,19H2,1-5H3,(H,32,38)/t26-/m1/s1. The van der Waals surface area contributed by atoms with Gasteiger partial charge in [-0.15, -0.1) is 10.2 Å². The number of hydrogen-bond donors (Lipinski definition) is 1. The first-order valence-electron chi connectivity index (χ1n) is 12.7. The number of benzene rings is 3. The number of nitrogens with one attached hydrogen (secondary N) is 1. The molecule has 208 valence electrons. The molecule has 0 spiro atoms. The summed E-state index contributed by atoms with van der Waals surface area (Å²) in [5.74, 6) is 0.101. The van der Waals surface area contributed by atoms with Gasteiger partial charge in [-0.2, -0.15) is 0 Å². The number of ether oxygens (including phenoxy) is 1. The van der Waals surface area contributed by atoms with E-state index in [0.717, 1.165) is 5.56 Å². The summed E-state index contributed by atoms with van der Waals surface area (Å²) in [6.45, 7) is 5.58. The molecule has 2 amide bonds. The number of hydrogen-bond acceptors (Lipinski definition) is 6. The molecule has 4 rings (SSSR count). The maximum Gasteiger partial charge on any atom is 0.248 e. The number of carbonyl (C=O) groups is 2. The highest BCUT2D eigenvalue weighted by Crippen LogP contribution is 2.32. The zero-order valence-electron chi connectivity index (χ0n) is 23.1. The SMILES string of the molecule is COc1ccc(N(C(=O)CSc2nnc(-c3ccccc3)n2C)[C@@H](C(=O)NC(C)(C)C)c2ccc(F)cc2)cc1. The van der Waals surface area contributed by atoms with Crippen LogP contribution in [0.25, 0.3) is 11.4 Å². The summed E-state index contributed by atoms with van der Waals surface area (Å²) < 4.78 is 21.0. The van der Waals surface area contributed by atoms with Crippen LogP contribution in [0.4, 0.5) is 10.1 Å². The molecule has 0 fully saturated rings. The summed E-state index contributed by atoms with van der Waals surface area (Å²) in [4.78, 5) is 29.1. The summed E-state index contributed by atoms with van der Waals surface area (Å²) >= 11 is 1.22. The smallest absolute Gasteiger partial charge is 0.248 e. The Hall–Kier alpha value is -4.18. The Bertz CT molecular complexity index is 1450. The molecule has 1 aromatic heterocycles. The van der Waals surface area contributed by atoms with E-state index in [2.05, 4.69) is 15.5 Å². The average Bonchev–Trinajstić information content (AvgIpc) is 3.30. The molecule has 3 aromatic carbocycles. The van der Waals surface area contributed by atoms with Gasteiger partial charge < -0.3 is 14.6 Å². The van der Waals surface area contributed by atoms with E-state index < -0.39 is 23.3 Å². The van der Waals surface area contributed by atoms with Crippen LogP contribution in [0.15, 0.2) is 84.0 Å². The number of carbonyl (C=O) groups excluding carboxylic acids is 2. The molecule has 0 unspecified atom stereocenters. The molecule has 1 N–H and O–H groups in total. The Morgan fingerprint density at radius 1 is 1.00 bits per heavy atom. The molecule has 0 saturated carbocycles. The second-order valence-electron chi connectivity index (χ2n) is 10.2. The van der Waals surface area contributed by atoms with Gasteiger partial charge in [0.05, 0.1) is 12.9 Å². The lowest BCUT2D eigenvalue weighted by Crippen LogP contribution is -2.50. The van der Waals surface area contributed by atoms with E-state index in [4.69, 9.17) is 4.74 Å². The maximum atomic E-state index is 14.0. The third-order valence-corrected chi connectivity index (χ3v) is 7.01. The van der Waals surface area contributed by atoms with Gasteiger partial charge in [0.1, 0.15) is 17.6 Å². The van der Waals surface area contributed by atoms with Gasteiger partial charge in [0.25, 0.3) is 0 Å². The van der Waals surface area contributed by atoms with Crippen LogP contribution < -0.4 is 15.0 Å². The van der Waals surface area contributed by atoms with Crippen molar-refractivity contribution in [2.75, 3.05) is 17.8 Å². The normalized spacial score (nSPS) is 12.1. The van der Waals surface area contributed by atoms with Crippen molar-refractivity contribution < 1.29 is 18.7 Å². The van der Waals surface area contributed by atoms with Crippen molar-refractivity contribution in [3.05, 3.63) is 90.2 Å². The minimum atomic E-state index is -1.05. The van der Waals surface area contributed by atoms with Crippen molar-refractivity contribution in [2.24, 2.45) is 7.05 Å². The van der Waals surface area contributed by atoms with E-state index in [9.17, 15) is 14.0 Å². The number of methoxy groups -OCH3 is 1. The molecule has 4 aromatic rings. The maximum absolute atomic E-state index is 14.0. The lowest BCUT2D eigenvalue weighted by atomic mass is 10.0. The Morgan fingerprint density at radius 2 is 1.65 bits per heavy atom. The second kappa shape index (κ2) is 12.3. The summed E-state index contributed by atoms with van der Waals surface area (Å²) in [6, 6.07) is 21.1. The zero-order valence-corrected chi connectivity index (χ0v) is 23.9. The monoisotopic (exact) mass is 561 g/mol. The lowest BCUT2D eigenvalue weighted by Gasteiger charge is -2.34. The average molecular weight is 562 g/mol. The minimum absolute atomic E-state index is 0.0206. The van der Waals surface area contributed by atoms with Crippen molar-refractivity contribution >= 4 is 29.3 Å².